The molecule has 0 fully saturated rings. The maximum Gasteiger partial charge on any atom is 0.237 e. The van der Waals surface area contributed by atoms with Crippen LogP contribution in [0.3, 0.4) is 0 Å². The molecular weight excluding hydrogens is 314 g/mol. The van der Waals surface area contributed by atoms with Crippen molar-refractivity contribution in [2.45, 2.75) is 36.8 Å². The minimum absolute atomic E-state index is 0.00745. The van der Waals surface area contributed by atoms with Crippen LogP contribution in [0.15, 0.2) is 53.4 Å². The Balaban J connectivity index is 2.04. The first-order chi connectivity index (χ1) is 10.5. The number of halogens is 1. The second kappa shape index (κ2) is 7.70. The summed E-state index contributed by atoms with van der Waals surface area (Å²) in [7, 11) is 0. The van der Waals surface area contributed by atoms with E-state index in [0.29, 0.717) is 10.9 Å². The van der Waals surface area contributed by atoms with Gasteiger partial charge in [0.1, 0.15) is 0 Å². The molecule has 0 aliphatic carbocycles. The van der Waals surface area contributed by atoms with Crippen molar-refractivity contribution < 1.29 is 4.79 Å². The lowest BCUT2D eigenvalue weighted by atomic mass is 10.0. The van der Waals surface area contributed by atoms with Crippen molar-refractivity contribution in [2.75, 3.05) is 5.32 Å². The molecule has 0 saturated carbocycles. The molecule has 22 heavy (non-hydrogen) atoms. The van der Waals surface area contributed by atoms with E-state index in [1.165, 1.54) is 11.8 Å². The molecule has 1 atom stereocenters. The lowest BCUT2D eigenvalue weighted by molar-refractivity contribution is -0.115. The van der Waals surface area contributed by atoms with Crippen LogP contribution in [0.1, 0.15) is 32.3 Å². The fourth-order valence-corrected chi connectivity index (χ4v) is 3.11. The molecular formula is C18H20ClNOS. The maximum atomic E-state index is 12.4. The van der Waals surface area contributed by atoms with Crippen LogP contribution >= 0.6 is 23.4 Å². The summed E-state index contributed by atoms with van der Waals surface area (Å²) < 4.78 is 0. The number of para-hydroxylation sites is 1. The molecule has 0 bridgehead atoms. The van der Waals surface area contributed by atoms with Gasteiger partial charge in [-0.05, 0) is 48.7 Å². The van der Waals surface area contributed by atoms with Crippen LogP contribution in [0.4, 0.5) is 5.69 Å². The van der Waals surface area contributed by atoms with Crippen molar-refractivity contribution in [1.29, 1.82) is 0 Å². The van der Waals surface area contributed by atoms with Gasteiger partial charge in [-0.3, -0.25) is 4.79 Å². The van der Waals surface area contributed by atoms with Crippen molar-refractivity contribution in [3.63, 3.8) is 0 Å². The van der Waals surface area contributed by atoms with Gasteiger partial charge in [0.25, 0.3) is 0 Å². The van der Waals surface area contributed by atoms with E-state index in [0.717, 1.165) is 16.1 Å². The van der Waals surface area contributed by atoms with Gasteiger partial charge in [0.2, 0.25) is 5.91 Å². The second-order valence-corrected chi connectivity index (χ2v) is 7.30. The number of amides is 1. The van der Waals surface area contributed by atoms with Gasteiger partial charge in [0, 0.05) is 15.6 Å². The molecule has 2 aromatic rings. The van der Waals surface area contributed by atoms with E-state index in [-0.39, 0.29) is 11.2 Å². The third-order valence-corrected chi connectivity index (χ3v) is 4.70. The zero-order valence-corrected chi connectivity index (χ0v) is 14.5. The number of rotatable bonds is 5. The largest absolute Gasteiger partial charge is 0.325 e. The molecule has 4 heteroatoms. The van der Waals surface area contributed by atoms with Crippen molar-refractivity contribution in [3.05, 3.63) is 59.1 Å². The standard InChI is InChI=1S/C18H20ClNOS/c1-12(2)16-6-4-5-7-17(16)20-18(21)13(3)22-15-10-8-14(19)9-11-15/h4-13H,1-3H3,(H,20,21). The summed E-state index contributed by atoms with van der Waals surface area (Å²) in [6.45, 7) is 6.15. The summed E-state index contributed by atoms with van der Waals surface area (Å²) in [5.74, 6) is 0.378. The molecule has 0 aliphatic heterocycles. The molecule has 0 aliphatic rings. The number of carbonyl (C=O) groups is 1. The number of anilines is 1. The molecule has 0 heterocycles. The van der Waals surface area contributed by atoms with E-state index >= 15 is 0 Å². The highest BCUT2D eigenvalue weighted by Gasteiger charge is 2.16. The van der Waals surface area contributed by atoms with Gasteiger partial charge in [-0.1, -0.05) is 43.6 Å². The van der Waals surface area contributed by atoms with Crippen LogP contribution in [0.5, 0.6) is 0 Å². The number of carbonyl (C=O) groups excluding carboxylic acids is 1. The Morgan fingerprint density at radius 1 is 1.05 bits per heavy atom. The van der Waals surface area contributed by atoms with Gasteiger partial charge in [0.05, 0.1) is 5.25 Å². The second-order valence-electron chi connectivity index (χ2n) is 5.45. The molecule has 2 aromatic carbocycles. The average molecular weight is 334 g/mol. The van der Waals surface area contributed by atoms with E-state index in [1.54, 1.807) is 0 Å². The van der Waals surface area contributed by atoms with Crippen LogP contribution in [0, 0.1) is 0 Å². The summed E-state index contributed by atoms with van der Waals surface area (Å²) >= 11 is 7.40. The molecule has 2 rings (SSSR count). The van der Waals surface area contributed by atoms with Crippen molar-refractivity contribution in [1.82, 2.24) is 0 Å². The van der Waals surface area contributed by atoms with E-state index in [1.807, 2.05) is 49.4 Å². The predicted molar refractivity (Wildman–Crippen MR) is 95.9 cm³/mol. The Morgan fingerprint density at radius 2 is 1.68 bits per heavy atom. The van der Waals surface area contributed by atoms with Crippen LogP contribution < -0.4 is 5.32 Å². The van der Waals surface area contributed by atoms with Crippen molar-refractivity contribution >= 4 is 35.0 Å². The van der Waals surface area contributed by atoms with E-state index in [9.17, 15) is 4.79 Å². The molecule has 1 N–H and O–H groups in total. The number of thioether (sulfide) groups is 1. The Bertz CT molecular complexity index is 640. The van der Waals surface area contributed by atoms with Crippen LogP contribution in [0.2, 0.25) is 5.02 Å². The van der Waals surface area contributed by atoms with E-state index < -0.39 is 0 Å². The first kappa shape index (κ1) is 16.9. The van der Waals surface area contributed by atoms with Gasteiger partial charge in [-0.25, -0.2) is 0 Å². The summed E-state index contributed by atoms with van der Waals surface area (Å²) in [4.78, 5) is 13.4. The Morgan fingerprint density at radius 3 is 2.32 bits per heavy atom. The lowest BCUT2D eigenvalue weighted by Crippen LogP contribution is -2.23. The van der Waals surface area contributed by atoms with E-state index in [4.69, 9.17) is 11.6 Å². The Kier molecular flexibility index (Phi) is 5.92. The SMILES string of the molecule is CC(Sc1ccc(Cl)cc1)C(=O)Nc1ccccc1C(C)C. The predicted octanol–water partition coefficient (Wildman–Crippen LogP) is 5.58. The molecule has 1 unspecified atom stereocenters. The third-order valence-electron chi connectivity index (χ3n) is 3.34. The maximum absolute atomic E-state index is 12.4. The van der Waals surface area contributed by atoms with Gasteiger partial charge < -0.3 is 5.32 Å². The fraction of sp³-hybridized carbons (Fsp3) is 0.278. The van der Waals surface area contributed by atoms with Crippen LogP contribution in [0.25, 0.3) is 0 Å². The smallest absolute Gasteiger partial charge is 0.237 e. The summed E-state index contributed by atoms with van der Waals surface area (Å²) in [6.07, 6.45) is 0. The molecule has 0 saturated heterocycles. The summed E-state index contributed by atoms with van der Waals surface area (Å²) in [6, 6.07) is 15.5. The zero-order chi connectivity index (χ0) is 16.1. The van der Waals surface area contributed by atoms with Gasteiger partial charge >= 0.3 is 0 Å². The molecule has 0 radical (unpaired) electrons. The van der Waals surface area contributed by atoms with Crippen molar-refractivity contribution in [3.8, 4) is 0 Å². The van der Waals surface area contributed by atoms with Crippen molar-refractivity contribution in [2.24, 2.45) is 0 Å². The highest BCUT2D eigenvalue weighted by molar-refractivity contribution is 8.00. The fourth-order valence-electron chi connectivity index (χ4n) is 2.12. The normalized spacial score (nSPS) is 12.2. The topological polar surface area (TPSA) is 29.1 Å². The first-order valence-electron chi connectivity index (χ1n) is 7.29. The van der Waals surface area contributed by atoms with Gasteiger partial charge in [-0.2, -0.15) is 0 Å². The molecule has 0 aromatic heterocycles. The molecule has 1 amide bonds. The number of hydrogen-bond acceptors (Lipinski definition) is 2. The zero-order valence-electron chi connectivity index (χ0n) is 13.0. The van der Waals surface area contributed by atoms with Gasteiger partial charge in [0.15, 0.2) is 0 Å². The lowest BCUT2D eigenvalue weighted by Gasteiger charge is -2.16. The quantitative estimate of drug-likeness (QED) is 0.723. The van der Waals surface area contributed by atoms with E-state index in [2.05, 4.69) is 25.2 Å². The third kappa shape index (κ3) is 4.52. The van der Waals surface area contributed by atoms with Gasteiger partial charge in [-0.15, -0.1) is 11.8 Å². The Labute approximate surface area is 141 Å². The van der Waals surface area contributed by atoms with Crippen LogP contribution in [-0.4, -0.2) is 11.2 Å². The minimum Gasteiger partial charge on any atom is -0.325 e. The molecule has 0 spiro atoms. The molecule has 116 valence electrons. The highest BCUT2D eigenvalue weighted by atomic mass is 35.5. The number of hydrogen-bond donors (Lipinski definition) is 1. The number of benzene rings is 2. The Hall–Kier alpha value is -1.45. The highest BCUT2D eigenvalue weighted by Crippen LogP contribution is 2.27. The minimum atomic E-state index is -0.179. The summed E-state index contributed by atoms with van der Waals surface area (Å²) in [5, 5.41) is 3.56. The first-order valence-corrected chi connectivity index (χ1v) is 8.55. The monoisotopic (exact) mass is 333 g/mol. The summed E-state index contributed by atoms with van der Waals surface area (Å²) in [5.41, 5.74) is 2.05. The number of nitrogens with one attached hydrogen (secondary N) is 1. The average Bonchev–Trinajstić information content (AvgIpc) is 2.49. The van der Waals surface area contributed by atoms with Crippen LogP contribution in [-0.2, 0) is 4.79 Å². The molecule has 2 nitrogen and oxygen atoms in total.